The van der Waals surface area contributed by atoms with Crippen molar-refractivity contribution < 1.29 is 0 Å². The van der Waals surface area contributed by atoms with E-state index >= 15 is 0 Å². The van der Waals surface area contributed by atoms with Gasteiger partial charge in [-0.25, -0.2) is 5.84 Å². The second-order valence-electron chi connectivity index (χ2n) is 3.81. The fourth-order valence-electron chi connectivity index (χ4n) is 2.24. The molecule has 3 rings (SSSR count). The number of amidine groups is 1. The molecule has 74 valence electrons. The number of nitrogens with zero attached hydrogens (tertiary/aromatic N) is 2. The molecule has 0 bridgehead atoms. The molecule has 2 heterocycles. The van der Waals surface area contributed by atoms with Crippen molar-refractivity contribution in [2.75, 3.05) is 5.88 Å². The molecule has 0 aromatic heterocycles. The van der Waals surface area contributed by atoms with Gasteiger partial charge < -0.3 is 0 Å². The van der Waals surface area contributed by atoms with Gasteiger partial charge >= 0.3 is 0 Å². The predicted octanol–water partition coefficient (Wildman–Crippen LogP) is 1.99. The maximum Gasteiger partial charge on any atom is 0.157 e. The monoisotopic (exact) mass is 207 g/mol. The molecule has 2 N–H and O–H groups in total. The lowest BCUT2D eigenvalue weighted by molar-refractivity contribution is 0.474. The van der Waals surface area contributed by atoms with Crippen LogP contribution in [0.2, 0.25) is 0 Å². The van der Waals surface area contributed by atoms with Gasteiger partial charge in [-0.15, -0.1) is 0 Å². The number of rotatable bonds is 0. The summed E-state index contributed by atoms with van der Waals surface area (Å²) in [7, 11) is 0. The molecule has 0 saturated carbocycles. The zero-order valence-corrected chi connectivity index (χ0v) is 8.81. The van der Waals surface area contributed by atoms with Crippen molar-refractivity contribution >= 4 is 17.6 Å². The maximum atomic E-state index is 6.07. The van der Waals surface area contributed by atoms with E-state index in [1.165, 1.54) is 35.4 Å². The summed E-state index contributed by atoms with van der Waals surface area (Å²) >= 11 is 1.79. The van der Waals surface area contributed by atoms with Gasteiger partial charge in [0, 0.05) is 5.70 Å². The van der Waals surface area contributed by atoms with Gasteiger partial charge in [0.1, 0.15) is 0 Å². The molecule has 0 radical (unpaired) electrons. The highest BCUT2D eigenvalue weighted by Crippen LogP contribution is 2.37. The molecule has 14 heavy (non-hydrogen) atoms. The normalized spacial score (nSPS) is 25.6. The summed E-state index contributed by atoms with van der Waals surface area (Å²) in [6, 6.07) is 0. The first kappa shape index (κ1) is 8.56. The first-order valence-electron chi connectivity index (χ1n) is 5.02. The topological polar surface area (TPSA) is 41.6 Å². The van der Waals surface area contributed by atoms with Crippen LogP contribution in [0.25, 0.3) is 0 Å². The molecule has 1 aliphatic carbocycles. The summed E-state index contributed by atoms with van der Waals surface area (Å²) in [5, 5.41) is 1.81. The van der Waals surface area contributed by atoms with Gasteiger partial charge in [-0.1, -0.05) is 11.8 Å². The summed E-state index contributed by atoms with van der Waals surface area (Å²) in [5.41, 5.74) is 2.73. The molecule has 0 atom stereocenters. The molecule has 4 heteroatoms. The van der Waals surface area contributed by atoms with Crippen LogP contribution < -0.4 is 5.84 Å². The van der Waals surface area contributed by atoms with E-state index in [0.29, 0.717) is 0 Å². The van der Waals surface area contributed by atoms with Crippen molar-refractivity contribution in [3.63, 3.8) is 0 Å². The van der Waals surface area contributed by atoms with Gasteiger partial charge in [-0.2, -0.15) is 0 Å². The van der Waals surface area contributed by atoms with Crippen molar-refractivity contribution in [2.24, 2.45) is 10.8 Å². The molecule has 0 fully saturated rings. The lowest BCUT2D eigenvalue weighted by Gasteiger charge is -2.31. The first-order chi connectivity index (χ1) is 6.86. The van der Waals surface area contributed by atoms with Gasteiger partial charge in [0.2, 0.25) is 0 Å². The number of hydrazine groups is 1. The van der Waals surface area contributed by atoms with Gasteiger partial charge in [0.15, 0.2) is 5.84 Å². The van der Waals surface area contributed by atoms with E-state index in [1.807, 2.05) is 5.01 Å². The molecular formula is C10H13N3S. The summed E-state index contributed by atoms with van der Waals surface area (Å²) in [4.78, 5) is 5.67. The molecule has 0 amide bonds. The Morgan fingerprint density at radius 2 is 2.21 bits per heavy atom. The third-order valence-corrected chi connectivity index (χ3v) is 3.83. The number of fused-ring (bicyclic) bond motifs is 1. The Morgan fingerprint density at radius 3 is 3.14 bits per heavy atom. The Bertz CT molecular complexity index is 368. The van der Waals surface area contributed by atoms with E-state index in [9.17, 15) is 0 Å². The molecule has 0 unspecified atom stereocenters. The van der Waals surface area contributed by atoms with Crippen molar-refractivity contribution in [2.45, 2.75) is 25.7 Å². The summed E-state index contributed by atoms with van der Waals surface area (Å²) in [6.07, 6.45) is 7.14. The molecule has 3 aliphatic rings. The van der Waals surface area contributed by atoms with Gasteiger partial charge in [-0.05, 0) is 37.3 Å². The third kappa shape index (κ3) is 1.14. The minimum absolute atomic E-state index is 0.829. The molecular weight excluding hydrogens is 194 g/mol. The second-order valence-corrected chi connectivity index (χ2v) is 4.80. The van der Waals surface area contributed by atoms with Crippen LogP contribution >= 0.6 is 11.8 Å². The van der Waals surface area contributed by atoms with Gasteiger partial charge in [0.05, 0.1) is 10.8 Å². The predicted molar refractivity (Wildman–Crippen MR) is 59.5 cm³/mol. The van der Waals surface area contributed by atoms with Crippen LogP contribution in [0.15, 0.2) is 27.2 Å². The van der Waals surface area contributed by atoms with E-state index in [2.05, 4.69) is 11.1 Å². The lowest BCUT2D eigenvalue weighted by atomic mass is 9.93. The molecule has 0 aromatic rings. The van der Waals surface area contributed by atoms with Crippen molar-refractivity contribution in [1.82, 2.24) is 5.01 Å². The van der Waals surface area contributed by atoms with Gasteiger partial charge in [-0.3, -0.25) is 10.0 Å². The SMILES string of the molecule is NN1C2=NCSC2=CC2=C1CCCC2. The molecule has 0 spiro atoms. The first-order valence-corrected chi connectivity index (χ1v) is 6.01. The zero-order chi connectivity index (χ0) is 9.54. The average Bonchev–Trinajstić information content (AvgIpc) is 2.66. The van der Waals surface area contributed by atoms with Crippen LogP contribution in [0.1, 0.15) is 25.7 Å². The van der Waals surface area contributed by atoms with E-state index in [1.54, 1.807) is 11.8 Å². The maximum absolute atomic E-state index is 6.07. The van der Waals surface area contributed by atoms with Crippen LogP contribution in [0.5, 0.6) is 0 Å². The minimum Gasteiger partial charge on any atom is -0.266 e. The molecule has 3 nitrogen and oxygen atoms in total. The van der Waals surface area contributed by atoms with Crippen molar-refractivity contribution in [1.29, 1.82) is 0 Å². The zero-order valence-electron chi connectivity index (χ0n) is 7.99. The van der Waals surface area contributed by atoms with Gasteiger partial charge in [0.25, 0.3) is 0 Å². The highest BCUT2D eigenvalue weighted by Gasteiger charge is 2.28. The number of hydrogen-bond donors (Lipinski definition) is 1. The van der Waals surface area contributed by atoms with E-state index in [0.717, 1.165) is 18.1 Å². The smallest absolute Gasteiger partial charge is 0.157 e. The molecule has 0 saturated heterocycles. The van der Waals surface area contributed by atoms with Crippen molar-refractivity contribution in [3.05, 3.63) is 22.3 Å². The van der Waals surface area contributed by atoms with Crippen LogP contribution in [-0.4, -0.2) is 16.7 Å². The highest BCUT2D eigenvalue weighted by molar-refractivity contribution is 8.04. The summed E-state index contributed by atoms with van der Waals surface area (Å²) in [5.74, 6) is 7.88. The van der Waals surface area contributed by atoms with Crippen LogP contribution in [0, 0.1) is 0 Å². The Kier molecular flexibility index (Phi) is 1.92. The summed E-state index contributed by atoms with van der Waals surface area (Å²) in [6.45, 7) is 0. The minimum atomic E-state index is 0.829. The lowest BCUT2D eigenvalue weighted by Crippen LogP contribution is -2.39. The molecule has 0 aromatic carbocycles. The highest BCUT2D eigenvalue weighted by atomic mass is 32.2. The van der Waals surface area contributed by atoms with Crippen LogP contribution in [0.4, 0.5) is 0 Å². The average molecular weight is 207 g/mol. The number of allylic oxidation sites excluding steroid dienone is 3. The summed E-state index contributed by atoms with van der Waals surface area (Å²) < 4.78 is 0. The Morgan fingerprint density at radius 1 is 1.36 bits per heavy atom. The van der Waals surface area contributed by atoms with Crippen molar-refractivity contribution in [3.8, 4) is 0 Å². The largest absolute Gasteiger partial charge is 0.266 e. The third-order valence-electron chi connectivity index (χ3n) is 2.96. The Balaban J connectivity index is 2.06. The number of nitrogens with two attached hydrogens (primary N) is 1. The molecule has 2 aliphatic heterocycles. The Hall–Kier alpha value is -0.740. The fraction of sp³-hybridized carbons (Fsp3) is 0.500. The van der Waals surface area contributed by atoms with E-state index in [4.69, 9.17) is 5.84 Å². The number of thioether (sulfide) groups is 1. The fourth-order valence-corrected chi connectivity index (χ4v) is 3.08. The second kappa shape index (κ2) is 3.14. The van der Waals surface area contributed by atoms with Crippen LogP contribution in [0.3, 0.4) is 0 Å². The van der Waals surface area contributed by atoms with E-state index in [-0.39, 0.29) is 0 Å². The quantitative estimate of drug-likeness (QED) is 0.618. The number of hydrogen-bond acceptors (Lipinski definition) is 4. The standard InChI is InChI=1S/C10H13N3S/c11-13-8-4-2-1-3-7(8)5-9-10(13)12-6-14-9/h5H,1-4,6,11H2. The van der Waals surface area contributed by atoms with Crippen LogP contribution in [-0.2, 0) is 0 Å². The Labute approximate surface area is 87.7 Å². The number of aliphatic imine (C=N–C) groups is 1. The van der Waals surface area contributed by atoms with E-state index < -0.39 is 0 Å².